The Kier molecular flexibility index (Phi) is 4.95. The summed E-state index contributed by atoms with van der Waals surface area (Å²) in [5.41, 5.74) is 3.31. The lowest BCUT2D eigenvalue weighted by atomic mass is 10.3. The Morgan fingerprint density at radius 3 is 2.90 bits per heavy atom. The standard InChI is InChI=1S/C14H14BrN3O2/c1-18-8-4-5-11(18)9-16-17-14(19)10-20-13-7-3-2-6-12(13)15/h2-9H,10H2,1H3,(H,17,19). The molecule has 1 aromatic heterocycles. The molecule has 1 aromatic carbocycles. The number of benzene rings is 1. The lowest BCUT2D eigenvalue weighted by Crippen LogP contribution is -2.24. The van der Waals surface area contributed by atoms with E-state index in [9.17, 15) is 4.79 Å². The molecule has 0 radical (unpaired) electrons. The van der Waals surface area contributed by atoms with Gasteiger partial charge in [-0.2, -0.15) is 5.10 Å². The summed E-state index contributed by atoms with van der Waals surface area (Å²) in [6.45, 7) is -0.0902. The quantitative estimate of drug-likeness (QED) is 0.673. The first-order valence-corrected chi connectivity index (χ1v) is 6.76. The zero-order chi connectivity index (χ0) is 14.4. The van der Waals surface area contributed by atoms with Crippen molar-refractivity contribution in [3.05, 3.63) is 52.8 Å². The van der Waals surface area contributed by atoms with Crippen molar-refractivity contribution in [3.63, 3.8) is 0 Å². The van der Waals surface area contributed by atoms with Gasteiger partial charge in [0, 0.05) is 13.2 Å². The van der Waals surface area contributed by atoms with Gasteiger partial charge in [0.05, 0.1) is 16.4 Å². The zero-order valence-electron chi connectivity index (χ0n) is 10.9. The summed E-state index contributed by atoms with van der Waals surface area (Å²) in [6.07, 6.45) is 3.48. The molecule has 1 amide bonds. The van der Waals surface area contributed by atoms with Gasteiger partial charge >= 0.3 is 0 Å². The minimum atomic E-state index is -0.314. The number of aromatic nitrogens is 1. The van der Waals surface area contributed by atoms with Crippen LogP contribution < -0.4 is 10.2 Å². The van der Waals surface area contributed by atoms with Crippen molar-refractivity contribution < 1.29 is 9.53 Å². The highest BCUT2D eigenvalue weighted by Gasteiger charge is 2.03. The van der Waals surface area contributed by atoms with Crippen LogP contribution in [0.4, 0.5) is 0 Å². The second-order valence-electron chi connectivity index (χ2n) is 4.06. The van der Waals surface area contributed by atoms with Gasteiger partial charge in [-0.05, 0) is 40.2 Å². The highest BCUT2D eigenvalue weighted by atomic mass is 79.9. The number of nitrogens with one attached hydrogen (secondary N) is 1. The first-order chi connectivity index (χ1) is 9.66. The third-order valence-electron chi connectivity index (χ3n) is 2.57. The number of hydrazone groups is 1. The summed E-state index contributed by atoms with van der Waals surface area (Å²) < 4.78 is 8.07. The van der Waals surface area contributed by atoms with Gasteiger partial charge in [-0.1, -0.05) is 12.1 Å². The number of hydrogen-bond acceptors (Lipinski definition) is 3. The molecule has 2 rings (SSSR count). The third-order valence-corrected chi connectivity index (χ3v) is 3.22. The average molecular weight is 336 g/mol. The predicted octanol–water partition coefficient (Wildman–Crippen LogP) is 2.32. The van der Waals surface area contributed by atoms with Gasteiger partial charge < -0.3 is 9.30 Å². The maximum atomic E-state index is 11.6. The topological polar surface area (TPSA) is 55.6 Å². The largest absolute Gasteiger partial charge is 0.483 e. The van der Waals surface area contributed by atoms with Crippen molar-refractivity contribution in [2.75, 3.05) is 6.61 Å². The van der Waals surface area contributed by atoms with E-state index in [1.165, 1.54) is 0 Å². The van der Waals surface area contributed by atoms with Crippen LogP contribution in [-0.2, 0) is 11.8 Å². The van der Waals surface area contributed by atoms with Crippen molar-refractivity contribution in [1.82, 2.24) is 9.99 Å². The second kappa shape index (κ2) is 6.91. The summed E-state index contributed by atoms with van der Waals surface area (Å²) in [7, 11) is 1.90. The third kappa shape index (κ3) is 3.96. The number of hydrogen-bond donors (Lipinski definition) is 1. The number of carbonyl (C=O) groups is 1. The predicted molar refractivity (Wildman–Crippen MR) is 80.8 cm³/mol. The molecule has 2 aromatic rings. The van der Waals surface area contributed by atoms with Gasteiger partial charge in [-0.3, -0.25) is 4.79 Å². The molecule has 0 aliphatic heterocycles. The Hall–Kier alpha value is -2.08. The molecule has 1 heterocycles. The fourth-order valence-corrected chi connectivity index (χ4v) is 1.92. The van der Waals surface area contributed by atoms with Crippen LogP contribution >= 0.6 is 15.9 Å². The minimum Gasteiger partial charge on any atom is -0.483 e. The number of carbonyl (C=O) groups excluding carboxylic acids is 1. The highest BCUT2D eigenvalue weighted by molar-refractivity contribution is 9.10. The Morgan fingerprint density at radius 2 is 2.20 bits per heavy atom. The van der Waals surface area contributed by atoms with Crippen molar-refractivity contribution in [2.45, 2.75) is 0 Å². The van der Waals surface area contributed by atoms with Crippen molar-refractivity contribution >= 4 is 28.1 Å². The molecular formula is C14H14BrN3O2. The molecule has 6 heteroatoms. The molecule has 0 spiro atoms. The van der Waals surface area contributed by atoms with Gasteiger partial charge in [0.15, 0.2) is 6.61 Å². The van der Waals surface area contributed by atoms with Crippen LogP contribution in [-0.4, -0.2) is 23.3 Å². The number of ether oxygens (including phenoxy) is 1. The molecule has 0 aliphatic carbocycles. The summed E-state index contributed by atoms with van der Waals surface area (Å²) in [6, 6.07) is 11.1. The molecular weight excluding hydrogens is 322 g/mol. The summed E-state index contributed by atoms with van der Waals surface area (Å²) in [5.74, 6) is 0.306. The van der Waals surface area contributed by atoms with E-state index in [4.69, 9.17) is 4.74 Å². The Balaban J connectivity index is 1.80. The Morgan fingerprint density at radius 1 is 1.40 bits per heavy atom. The van der Waals surface area contributed by atoms with E-state index >= 15 is 0 Å². The van der Waals surface area contributed by atoms with Crippen LogP contribution in [0.25, 0.3) is 0 Å². The minimum absolute atomic E-state index is 0.0902. The molecule has 104 valence electrons. The molecule has 0 fully saturated rings. The number of nitrogens with zero attached hydrogens (tertiary/aromatic N) is 2. The highest BCUT2D eigenvalue weighted by Crippen LogP contribution is 2.23. The van der Waals surface area contributed by atoms with Crippen LogP contribution in [0.15, 0.2) is 52.2 Å². The van der Waals surface area contributed by atoms with E-state index in [2.05, 4.69) is 26.5 Å². The fraction of sp³-hybridized carbons (Fsp3) is 0.143. The number of aryl methyl sites for hydroxylation is 1. The summed E-state index contributed by atoms with van der Waals surface area (Å²) in [4.78, 5) is 11.6. The smallest absolute Gasteiger partial charge is 0.277 e. The zero-order valence-corrected chi connectivity index (χ0v) is 12.5. The summed E-state index contributed by atoms with van der Waals surface area (Å²) in [5, 5.41) is 3.87. The number of amides is 1. The van der Waals surface area contributed by atoms with E-state index in [1.54, 1.807) is 12.3 Å². The SMILES string of the molecule is Cn1cccc1C=NNC(=O)COc1ccccc1Br. The maximum absolute atomic E-state index is 11.6. The second-order valence-corrected chi connectivity index (χ2v) is 4.91. The molecule has 0 saturated carbocycles. The number of rotatable bonds is 5. The van der Waals surface area contributed by atoms with Gasteiger partial charge in [0.1, 0.15) is 5.75 Å². The molecule has 0 bridgehead atoms. The van der Waals surface area contributed by atoms with E-state index in [-0.39, 0.29) is 12.5 Å². The molecule has 20 heavy (non-hydrogen) atoms. The monoisotopic (exact) mass is 335 g/mol. The van der Waals surface area contributed by atoms with E-state index in [0.29, 0.717) is 5.75 Å². The molecule has 1 N–H and O–H groups in total. The normalized spacial score (nSPS) is 10.7. The van der Waals surface area contributed by atoms with Crippen molar-refractivity contribution in [2.24, 2.45) is 12.1 Å². The van der Waals surface area contributed by atoms with Crippen LogP contribution in [0.1, 0.15) is 5.69 Å². The maximum Gasteiger partial charge on any atom is 0.277 e. The van der Waals surface area contributed by atoms with Gasteiger partial charge in [-0.25, -0.2) is 5.43 Å². The summed E-state index contributed by atoms with van der Waals surface area (Å²) >= 11 is 3.34. The van der Waals surface area contributed by atoms with Gasteiger partial charge in [0.2, 0.25) is 0 Å². The van der Waals surface area contributed by atoms with Crippen LogP contribution in [0.5, 0.6) is 5.75 Å². The first-order valence-electron chi connectivity index (χ1n) is 5.97. The first kappa shape index (κ1) is 14.3. The van der Waals surface area contributed by atoms with Gasteiger partial charge in [0.25, 0.3) is 5.91 Å². The molecule has 0 atom stereocenters. The molecule has 0 saturated heterocycles. The lowest BCUT2D eigenvalue weighted by molar-refractivity contribution is -0.123. The van der Waals surface area contributed by atoms with Crippen molar-refractivity contribution in [3.8, 4) is 5.75 Å². The van der Waals surface area contributed by atoms with Crippen LogP contribution in [0.3, 0.4) is 0 Å². The van der Waals surface area contributed by atoms with Gasteiger partial charge in [-0.15, -0.1) is 0 Å². The average Bonchev–Trinajstić information content (AvgIpc) is 2.84. The molecule has 5 nitrogen and oxygen atoms in total. The van der Waals surface area contributed by atoms with E-state index in [1.807, 2.05) is 48.1 Å². The fourth-order valence-electron chi connectivity index (χ4n) is 1.52. The Labute approximate surface area is 125 Å². The Bertz CT molecular complexity index is 622. The molecule has 0 aliphatic rings. The van der Waals surface area contributed by atoms with Crippen LogP contribution in [0, 0.1) is 0 Å². The van der Waals surface area contributed by atoms with E-state index in [0.717, 1.165) is 10.2 Å². The van der Waals surface area contributed by atoms with Crippen molar-refractivity contribution in [1.29, 1.82) is 0 Å². The number of halogens is 1. The lowest BCUT2D eigenvalue weighted by Gasteiger charge is -2.06. The molecule has 0 unspecified atom stereocenters. The van der Waals surface area contributed by atoms with Crippen LogP contribution in [0.2, 0.25) is 0 Å². The number of para-hydroxylation sites is 1. The van der Waals surface area contributed by atoms with E-state index < -0.39 is 0 Å².